The fraction of sp³-hybridized carbons (Fsp3) is 0.154. The molecule has 2 rings (SSSR count). The summed E-state index contributed by atoms with van der Waals surface area (Å²) < 4.78 is 32.2. The van der Waals surface area contributed by atoms with E-state index in [1.165, 1.54) is 19.4 Å². The van der Waals surface area contributed by atoms with Crippen molar-refractivity contribution >= 4 is 15.7 Å². The number of rotatable bonds is 6. The van der Waals surface area contributed by atoms with Crippen molar-refractivity contribution in [3.05, 3.63) is 48.2 Å². The number of ether oxygens (including phenoxy) is 1. The monoisotopic (exact) mass is 308 g/mol. The van der Waals surface area contributed by atoms with E-state index in [9.17, 15) is 8.42 Å². The zero-order valence-corrected chi connectivity index (χ0v) is 12.2. The van der Waals surface area contributed by atoms with Crippen molar-refractivity contribution in [2.24, 2.45) is 5.84 Å². The maximum Gasteiger partial charge on any atom is 0.260 e. The third kappa shape index (κ3) is 3.48. The topological polar surface area (TPSA) is 106 Å². The number of nitrogens with one attached hydrogen (secondary N) is 2. The summed E-state index contributed by atoms with van der Waals surface area (Å²) in [5.41, 5.74) is 3.27. The van der Waals surface area contributed by atoms with E-state index >= 15 is 0 Å². The molecule has 0 unspecified atom stereocenters. The first kappa shape index (κ1) is 15.2. The lowest BCUT2D eigenvalue weighted by Crippen LogP contribution is -2.26. The van der Waals surface area contributed by atoms with Crippen LogP contribution in [0, 0.1) is 0 Å². The number of hydrogen-bond donors (Lipinski definition) is 3. The molecule has 0 aliphatic heterocycles. The minimum Gasteiger partial charge on any atom is -0.496 e. The van der Waals surface area contributed by atoms with Crippen LogP contribution in [0.1, 0.15) is 5.56 Å². The minimum atomic E-state index is -3.79. The lowest BCUT2D eigenvalue weighted by atomic mass is 10.2. The van der Waals surface area contributed by atoms with E-state index in [0.29, 0.717) is 5.75 Å². The molecule has 8 heteroatoms. The Hall–Kier alpha value is -2.16. The Morgan fingerprint density at radius 1 is 1.24 bits per heavy atom. The molecule has 0 aliphatic carbocycles. The molecule has 0 fully saturated rings. The SMILES string of the molecule is COc1ccccc1CNS(=O)(=O)c1ncccc1NN. The van der Waals surface area contributed by atoms with Crippen molar-refractivity contribution in [1.82, 2.24) is 9.71 Å². The van der Waals surface area contributed by atoms with Crippen LogP contribution in [0.15, 0.2) is 47.6 Å². The molecule has 0 atom stereocenters. The average molecular weight is 308 g/mol. The molecule has 4 N–H and O–H groups in total. The highest BCUT2D eigenvalue weighted by atomic mass is 32.2. The van der Waals surface area contributed by atoms with Gasteiger partial charge in [-0.3, -0.25) is 5.84 Å². The van der Waals surface area contributed by atoms with Crippen molar-refractivity contribution in [3.63, 3.8) is 0 Å². The zero-order chi connectivity index (χ0) is 15.3. The molecule has 1 aromatic carbocycles. The molecule has 1 heterocycles. The number of sulfonamides is 1. The van der Waals surface area contributed by atoms with E-state index in [2.05, 4.69) is 15.1 Å². The number of methoxy groups -OCH3 is 1. The fourth-order valence-corrected chi connectivity index (χ4v) is 2.90. The van der Waals surface area contributed by atoms with Gasteiger partial charge in [-0.25, -0.2) is 18.1 Å². The van der Waals surface area contributed by atoms with Crippen LogP contribution >= 0.6 is 0 Å². The van der Waals surface area contributed by atoms with Crippen LogP contribution < -0.4 is 20.7 Å². The van der Waals surface area contributed by atoms with Crippen molar-refractivity contribution in [3.8, 4) is 5.75 Å². The van der Waals surface area contributed by atoms with E-state index in [1.807, 2.05) is 6.07 Å². The number of nitrogens with zero attached hydrogens (tertiary/aromatic N) is 1. The Bertz CT molecular complexity index is 719. The smallest absolute Gasteiger partial charge is 0.260 e. The van der Waals surface area contributed by atoms with Gasteiger partial charge in [-0.05, 0) is 18.2 Å². The lowest BCUT2D eigenvalue weighted by Gasteiger charge is -2.11. The molecule has 7 nitrogen and oxygen atoms in total. The normalized spacial score (nSPS) is 11.1. The standard InChI is InChI=1S/C13H16N4O3S/c1-20-12-7-3-2-5-10(12)9-16-21(18,19)13-11(17-14)6-4-8-15-13/h2-8,16-17H,9,14H2,1H3. The first-order valence-electron chi connectivity index (χ1n) is 6.11. The Labute approximate surface area is 123 Å². The highest BCUT2D eigenvalue weighted by molar-refractivity contribution is 7.89. The molecule has 0 radical (unpaired) electrons. The average Bonchev–Trinajstić information content (AvgIpc) is 2.53. The van der Waals surface area contributed by atoms with Gasteiger partial charge in [-0.1, -0.05) is 18.2 Å². The highest BCUT2D eigenvalue weighted by Gasteiger charge is 2.20. The number of pyridine rings is 1. The highest BCUT2D eigenvalue weighted by Crippen LogP contribution is 2.20. The number of nitrogen functional groups attached to an aromatic ring is 1. The van der Waals surface area contributed by atoms with Gasteiger partial charge >= 0.3 is 0 Å². The van der Waals surface area contributed by atoms with Gasteiger partial charge in [0.2, 0.25) is 0 Å². The van der Waals surface area contributed by atoms with Crippen molar-refractivity contribution in [2.45, 2.75) is 11.6 Å². The summed E-state index contributed by atoms with van der Waals surface area (Å²) in [5, 5.41) is -0.151. The van der Waals surface area contributed by atoms with Crippen LogP contribution in [0.3, 0.4) is 0 Å². The van der Waals surface area contributed by atoms with E-state index in [-0.39, 0.29) is 17.3 Å². The van der Waals surface area contributed by atoms with Gasteiger partial charge in [0.15, 0.2) is 5.03 Å². The van der Waals surface area contributed by atoms with E-state index < -0.39 is 10.0 Å². The van der Waals surface area contributed by atoms with Crippen LogP contribution in [0.5, 0.6) is 5.75 Å². The number of benzene rings is 1. The third-order valence-corrected chi connectivity index (χ3v) is 4.19. The van der Waals surface area contributed by atoms with Crippen LogP contribution in [0.2, 0.25) is 0 Å². The lowest BCUT2D eigenvalue weighted by molar-refractivity contribution is 0.409. The van der Waals surface area contributed by atoms with E-state index in [0.717, 1.165) is 5.56 Å². The predicted molar refractivity (Wildman–Crippen MR) is 79.1 cm³/mol. The van der Waals surface area contributed by atoms with Crippen LogP contribution in [-0.4, -0.2) is 20.5 Å². The Morgan fingerprint density at radius 2 is 2.00 bits per heavy atom. The van der Waals surface area contributed by atoms with Gasteiger partial charge in [0.05, 0.1) is 12.8 Å². The second-order valence-corrected chi connectivity index (χ2v) is 5.82. The first-order chi connectivity index (χ1) is 10.1. The number of hydrazine groups is 1. The minimum absolute atomic E-state index is 0.0902. The van der Waals surface area contributed by atoms with Gasteiger partial charge < -0.3 is 10.2 Å². The molecule has 0 amide bonds. The summed E-state index contributed by atoms with van der Waals surface area (Å²) in [6.45, 7) is 0.0902. The van der Waals surface area contributed by atoms with Crippen LogP contribution in [0.25, 0.3) is 0 Å². The maximum atomic E-state index is 12.3. The third-order valence-electron chi connectivity index (χ3n) is 2.83. The van der Waals surface area contributed by atoms with Crippen LogP contribution in [-0.2, 0) is 16.6 Å². The Balaban J connectivity index is 2.22. The van der Waals surface area contributed by atoms with Gasteiger partial charge in [0.25, 0.3) is 10.0 Å². The molecular formula is C13H16N4O3S. The molecule has 112 valence electrons. The fourth-order valence-electron chi connectivity index (χ4n) is 1.80. The molecule has 0 spiro atoms. The molecule has 21 heavy (non-hydrogen) atoms. The molecular weight excluding hydrogens is 292 g/mol. The summed E-state index contributed by atoms with van der Waals surface area (Å²) in [5.74, 6) is 5.91. The second-order valence-electron chi connectivity index (χ2n) is 4.14. The summed E-state index contributed by atoms with van der Waals surface area (Å²) >= 11 is 0. The molecule has 0 saturated heterocycles. The van der Waals surface area contributed by atoms with Crippen molar-refractivity contribution in [1.29, 1.82) is 0 Å². The maximum absolute atomic E-state index is 12.3. The summed E-state index contributed by atoms with van der Waals surface area (Å²) in [7, 11) is -2.26. The van der Waals surface area contributed by atoms with E-state index in [1.54, 1.807) is 24.3 Å². The number of para-hydroxylation sites is 1. The van der Waals surface area contributed by atoms with Crippen molar-refractivity contribution < 1.29 is 13.2 Å². The summed E-state index contributed by atoms with van der Waals surface area (Å²) in [6, 6.07) is 10.3. The van der Waals surface area contributed by atoms with Gasteiger partial charge in [0, 0.05) is 18.3 Å². The summed E-state index contributed by atoms with van der Waals surface area (Å²) in [6.07, 6.45) is 1.39. The van der Waals surface area contributed by atoms with Gasteiger partial charge in [0.1, 0.15) is 5.75 Å². The number of anilines is 1. The van der Waals surface area contributed by atoms with Gasteiger partial charge in [-0.2, -0.15) is 0 Å². The Morgan fingerprint density at radius 3 is 2.71 bits per heavy atom. The largest absolute Gasteiger partial charge is 0.496 e. The number of aromatic nitrogens is 1. The quantitative estimate of drug-likeness (QED) is 0.539. The molecule has 0 saturated carbocycles. The second kappa shape index (κ2) is 6.53. The summed E-state index contributed by atoms with van der Waals surface area (Å²) in [4.78, 5) is 3.85. The number of hydrogen-bond acceptors (Lipinski definition) is 6. The molecule has 0 bridgehead atoms. The predicted octanol–water partition coefficient (Wildman–Crippen LogP) is 0.854. The van der Waals surface area contributed by atoms with Gasteiger partial charge in [-0.15, -0.1) is 0 Å². The molecule has 2 aromatic rings. The van der Waals surface area contributed by atoms with Crippen molar-refractivity contribution in [2.75, 3.05) is 12.5 Å². The first-order valence-corrected chi connectivity index (χ1v) is 7.60. The Kier molecular flexibility index (Phi) is 4.73. The zero-order valence-electron chi connectivity index (χ0n) is 11.4. The van der Waals surface area contributed by atoms with E-state index in [4.69, 9.17) is 10.6 Å². The number of nitrogens with two attached hydrogens (primary N) is 1. The molecule has 0 aliphatic rings. The molecule has 1 aromatic heterocycles. The van der Waals surface area contributed by atoms with Crippen LogP contribution in [0.4, 0.5) is 5.69 Å².